The van der Waals surface area contributed by atoms with E-state index in [9.17, 15) is 4.79 Å². The number of carbonyl (C=O) groups excluding carboxylic acids is 1. The molecule has 2 aliphatic rings. The highest BCUT2D eigenvalue weighted by Gasteiger charge is 2.50. The minimum absolute atomic E-state index is 0.0310. The molecule has 148 valence electrons. The van der Waals surface area contributed by atoms with E-state index in [1.165, 1.54) is 0 Å². The molecule has 0 N–H and O–H groups in total. The van der Waals surface area contributed by atoms with E-state index < -0.39 is 0 Å². The van der Waals surface area contributed by atoms with Crippen LogP contribution in [-0.2, 0) is 25.6 Å². The lowest BCUT2D eigenvalue weighted by Crippen LogP contribution is -2.48. The van der Waals surface area contributed by atoms with Crippen molar-refractivity contribution >= 4 is 5.97 Å². The fourth-order valence-corrected chi connectivity index (χ4v) is 4.43. The Bertz CT molecular complexity index is 656. The largest absolute Gasteiger partial charge is 0.457 e. The molecule has 0 radical (unpaired) electrons. The van der Waals surface area contributed by atoms with Crippen LogP contribution in [-0.4, -0.2) is 29.9 Å². The summed E-state index contributed by atoms with van der Waals surface area (Å²) in [5, 5.41) is 0. The summed E-state index contributed by atoms with van der Waals surface area (Å²) in [6, 6.07) is 9.71. The average Bonchev–Trinajstić information content (AvgIpc) is 3.02. The zero-order valence-electron chi connectivity index (χ0n) is 16.8. The molecule has 1 aromatic carbocycles. The Morgan fingerprint density at radius 2 is 2.07 bits per heavy atom. The number of fused-ring (bicyclic) bond motifs is 1. The molecule has 1 aromatic rings. The molecule has 2 aliphatic heterocycles. The van der Waals surface area contributed by atoms with Crippen molar-refractivity contribution in [3.63, 3.8) is 0 Å². The van der Waals surface area contributed by atoms with Crippen molar-refractivity contribution in [3.05, 3.63) is 48.0 Å². The summed E-state index contributed by atoms with van der Waals surface area (Å²) in [6.07, 6.45) is 5.32. The molecule has 0 amide bonds. The molecule has 4 heteroatoms. The van der Waals surface area contributed by atoms with Crippen LogP contribution >= 0.6 is 0 Å². The fourth-order valence-electron chi connectivity index (χ4n) is 4.43. The number of benzene rings is 1. The quantitative estimate of drug-likeness (QED) is 0.509. The zero-order chi connectivity index (χ0) is 19.4. The third kappa shape index (κ3) is 4.61. The van der Waals surface area contributed by atoms with Crippen LogP contribution in [0.1, 0.15) is 58.4 Å². The lowest BCUT2D eigenvalue weighted by Gasteiger charge is -2.42. The molecule has 0 aromatic heterocycles. The van der Waals surface area contributed by atoms with Crippen LogP contribution in [0, 0.1) is 5.92 Å². The van der Waals surface area contributed by atoms with E-state index in [1.54, 1.807) is 0 Å². The smallest absolute Gasteiger partial charge is 0.334 e. The van der Waals surface area contributed by atoms with E-state index in [4.69, 9.17) is 14.2 Å². The maximum Gasteiger partial charge on any atom is 0.334 e. The van der Waals surface area contributed by atoms with Crippen molar-refractivity contribution < 1.29 is 19.0 Å². The molecular weight excluding hydrogens is 340 g/mol. The highest BCUT2D eigenvalue weighted by atomic mass is 16.6. The summed E-state index contributed by atoms with van der Waals surface area (Å²) >= 11 is 0. The van der Waals surface area contributed by atoms with Crippen molar-refractivity contribution in [1.82, 2.24) is 0 Å². The second kappa shape index (κ2) is 8.57. The monoisotopic (exact) mass is 372 g/mol. The number of carbonyl (C=O) groups is 1. The molecular formula is C23H32O4. The van der Waals surface area contributed by atoms with Gasteiger partial charge in [0, 0.05) is 12.0 Å². The minimum atomic E-state index is -0.317. The first-order valence-corrected chi connectivity index (χ1v) is 10.2. The van der Waals surface area contributed by atoms with Gasteiger partial charge in [0.15, 0.2) is 0 Å². The van der Waals surface area contributed by atoms with Crippen LogP contribution in [0.5, 0.6) is 0 Å². The van der Waals surface area contributed by atoms with E-state index in [1.807, 2.05) is 37.3 Å². The Hall–Kier alpha value is -1.65. The molecule has 0 bridgehead atoms. The summed E-state index contributed by atoms with van der Waals surface area (Å²) in [5.41, 5.74) is 1.35. The molecule has 4 nitrogen and oxygen atoms in total. The topological polar surface area (TPSA) is 44.8 Å². The molecule has 2 saturated heterocycles. The van der Waals surface area contributed by atoms with Gasteiger partial charge in [0.1, 0.15) is 6.61 Å². The van der Waals surface area contributed by atoms with Gasteiger partial charge in [-0.05, 0) is 44.1 Å². The fraction of sp³-hybridized carbons (Fsp3) is 0.609. The third-order valence-electron chi connectivity index (χ3n) is 6.05. The lowest BCUT2D eigenvalue weighted by atomic mass is 9.82. The highest BCUT2D eigenvalue weighted by Crippen LogP contribution is 2.44. The Labute approximate surface area is 162 Å². The van der Waals surface area contributed by atoms with Crippen LogP contribution in [0.25, 0.3) is 0 Å². The first kappa shape index (κ1) is 20.1. The van der Waals surface area contributed by atoms with Crippen molar-refractivity contribution in [3.8, 4) is 0 Å². The van der Waals surface area contributed by atoms with E-state index in [0.29, 0.717) is 5.57 Å². The summed E-state index contributed by atoms with van der Waals surface area (Å²) in [5.74, 6) is -0.286. The summed E-state index contributed by atoms with van der Waals surface area (Å²) < 4.78 is 18.0. The van der Waals surface area contributed by atoms with Gasteiger partial charge in [0.25, 0.3) is 0 Å². The highest BCUT2D eigenvalue weighted by molar-refractivity contribution is 5.88. The minimum Gasteiger partial charge on any atom is -0.457 e. The van der Waals surface area contributed by atoms with E-state index in [0.717, 1.165) is 37.7 Å². The molecule has 0 spiro atoms. The predicted molar refractivity (Wildman–Crippen MR) is 105 cm³/mol. The first-order chi connectivity index (χ1) is 12.9. The third-order valence-corrected chi connectivity index (χ3v) is 6.05. The number of hydrogen-bond acceptors (Lipinski definition) is 4. The molecule has 1 unspecified atom stereocenters. The normalized spacial score (nSPS) is 31.1. The lowest BCUT2D eigenvalue weighted by molar-refractivity contribution is -0.170. The predicted octanol–water partition coefficient (Wildman–Crippen LogP) is 4.82. The Morgan fingerprint density at radius 1 is 1.33 bits per heavy atom. The van der Waals surface area contributed by atoms with Crippen LogP contribution in [0.15, 0.2) is 42.5 Å². The molecule has 2 heterocycles. The van der Waals surface area contributed by atoms with E-state index in [-0.39, 0.29) is 42.4 Å². The van der Waals surface area contributed by atoms with Gasteiger partial charge < -0.3 is 14.2 Å². The molecule has 0 saturated carbocycles. The standard InChI is InChI=1S/C23H32O4/c1-5-23-14-17(3)26-21(23)12-11-20(27-23)13-16(2)18(4)22(24)25-15-19-9-7-6-8-10-19/h6-10,16-17,20-21H,4-5,11-15H2,1-3H3/t16-,17+,20?,21+,23+/m1/s1. The van der Waals surface area contributed by atoms with Crippen molar-refractivity contribution in [1.29, 1.82) is 0 Å². The maximum atomic E-state index is 12.4. The van der Waals surface area contributed by atoms with Gasteiger partial charge in [-0.3, -0.25) is 0 Å². The molecule has 0 aliphatic carbocycles. The van der Waals surface area contributed by atoms with Gasteiger partial charge in [-0.25, -0.2) is 4.79 Å². The van der Waals surface area contributed by atoms with Crippen LogP contribution < -0.4 is 0 Å². The Kier molecular flexibility index (Phi) is 6.38. The molecule has 27 heavy (non-hydrogen) atoms. The van der Waals surface area contributed by atoms with Crippen molar-refractivity contribution in [2.75, 3.05) is 0 Å². The van der Waals surface area contributed by atoms with Crippen molar-refractivity contribution in [2.45, 2.75) is 83.4 Å². The van der Waals surface area contributed by atoms with Crippen LogP contribution in [0.3, 0.4) is 0 Å². The molecule has 3 rings (SSSR count). The summed E-state index contributed by atoms with van der Waals surface area (Å²) in [6.45, 7) is 10.6. The Morgan fingerprint density at radius 3 is 2.78 bits per heavy atom. The van der Waals surface area contributed by atoms with Gasteiger partial charge in [0.05, 0.1) is 23.9 Å². The van der Waals surface area contributed by atoms with Gasteiger partial charge in [-0.1, -0.05) is 50.8 Å². The SMILES string of the molecule is C=C(C(=O)OCc1ccccc1)[C@H](C)CC1CC[C@@H]2O[C@@H](C)C[C@]2(CC)O1. The second-order valence-electron chi connectivity index (χ2n) is 8.10. The van der Waals surface area contributed by atoms with Crippen LogP contribution in [0.2, 0.25) is 0 Å². The zero-order valence-corrected chi connectivity index (χ0v) is 16.8. The number of rotatable bonds is 7. The maximum absolute atomic E-state index is 12.4. The van der Waals surface area contributed by atoms with E-state index in [2.05, 4.69) is 20.4 Å². The van der Waals surface area contributed by atoms with Gasteiger partial charge in [-0.15, -0.1) is 0 Å². The molecule has 5 atom stereocenters. The average molecular weight is 373 g/mol. The number of ether oxygens (including phenoxy) is 3. The van der Waals surface area contributed by atoms with Gasteiger partial charge >= 0.3 is 5.97 Å². The second-order valence-corrected chi connectivity index (χ2v) is 8.10. The van der Waals surface area contributed by atoms with Crippen LogP contribution in [0.4, 0.5) is 0 Å². The van der Waals surface area contributed by atoms with Gasteiger partial charge in [-0.2, -0.15) is 0 Å². The van der Waals surface area contributed by atoms with Crippen molar-refractivity contribution in [2.24, 2.45) is 5.92 Å². The number of hydrogen-bond donors (Lipinski definition) is 0. The number of esters is 1. The molecule has 2 fully saturated rings. The summed E-state index contributed by atoms with van der Waals surface area (Å²) in [4.78, 5) is 12.4. The summed E-state index contributed by atoms with van der Waals surface area (Å²) in [7, 11) is 0. The Balaban J connectivity index is 1.51. The van der Waals surface area contributed by atoms with E-state index >= 15 is 0 Å². The first-order valence-electron chi connectivity index (χ1n) is 10.2. The van der Waals surface area contributed by atoms with Gasteiger partial charge in [0.2, 0.25) is 0 Å².